The molecule has 2 aromatic heterocycles. The molecule has 4 rings (SSSR count). The Balaban J connectivity index is 1.47. The molecule has 0 fully saturated rings. The summed E-state index contributed by atoms with van der Waals surface area (Å²) in [7, 11) is 3.38. The van der Waals surface area contributed by atoms with Gasteiger partial charge >= 0.3 is 0 Å². The molecule has 2 aliphatic rings. The van der Waals surface area contributed by atoms with Crippen LogP contribution in [0, 0.1) is 0 Å². The lowest BCUT2D eigenvalue weighted by atomic mass is 10.2. The van der Waals surface area contributed by atoms with Gasteiger partial charge in [-0.2, -0.15) is 5.10 Å². The number of fused-ring (bicyclic) bond motifs is 1. The van der Waals surface area contributed by atoms with Gasteiger partial charge in [-0.3, -0.25) is 19.7 Å². The van der Waals surface area contributed by atoms with Gasteiger partial charge in [-0.05, 0) is 30.4 Å². The number of pyridine rings is 2. The van der Waals surface area contributed by atoms with Gasteiger partial charge in [0.25, 0.3) is 5.91 Å². The van der Waals surface area contributed by atoms with Crippen molar-refractivity contribution in [2.75, 3.05) is 14.2 Å². The van der Waals surface area contributed by atoms with Crippen LogP contribution in [0.15, 0.2) is 60.1 Å². The minimum absolute atomic E-state index is 0.178. The highest BCUT2D eigenvalue weighted by Crippen LogP contribution is 2.26. The molecule has 0 aliphatic carbocycles. The maximum atomic E-state index is 12.7. The number of amidine groups is 1. The molecule has 8 heteroatoms. The molecule has 0 aromatic carbocycles. The SMILES string of the molecule is C=C1C=CC(N2Cc3cc(OCc4ccc(OC)cn4)cnc3C2=O)=NN1C. The van der Waals surface area contributed by atoms with Crippen molar-refractivity contribution in [2.24, 2.45) is 5.10 Å². The third kappa shape index (κ3) is 3.32. The smallest absolute Gasteiger partial charge is 0.278 e. The molecule has 0 saturated carbocycles. The van der Waals surface area contributed by atoms with Crippen molar-refractivity contribution >= 4 is 11.7 Å². The van der Waals surface area contributed by atoms with Gasteiger partial charge in [-0.1, -0.05) is 6.58 Å². The second-order valence-electron chi connectivity index (χ2n) is 6.35. The van der Waals surface area contributed by atoms with E-state index in [1.807, 2.05) is 24.3 Å². The van der Waals surface area contributed by atoms with E-state index in [9.17, 15) is 4.79 Å². The van der Waals surface area contributed by atoms with Gasteiger partial charge < -0.3 is 9.47 Å². The van der Waals surface area contributed by atoms with E-state index in [4.69, 9.17) is 9.47 Å². The zero-order chi connectivity index (χ0) is 19.7. The zero-order valence-electron chi connectivity index (χ0n) is 15.6. The van der Waals surface area contributed by atoms with Crippen molar-refractivity contribution in [2.45, 2.75) is 13.2 Å². The summed E-state index contributed by atoms with van der Waals surface area (Å²) in [5, 5.41) is 6.02. The average Bonchev–Trinajstić information content (AvgIpc) is 3.05. The minimum Gasteiger partial charge on any atom is -0.495 e. The number of methoxy groups -OCH3 is 1. The summed E-state index contributed by atoms with van der Waals surface area (Å²) in [4.78, 5) is 22.8. The summed E-state index contributed by atoms with van der Waals surface area (Å²) in [5.74, 6) is 1.65. The molecule has 8 nitrogen and oxygen atoms in total. The first-order valence-electron chi connectivity index (χ1n) is 8.67. The second-order valence-corrected chi connectivity index (χ2v) is 6.35. The molecule has 0 saturated heterocycles. The van der Waals surface area contributed by atoms with Gasteiger partial charge in [-0.15, -0.1) is 0 Å². The number of hydrogen-bond donors (Lipinski definition) is 0. The van der Waals surface area contributed by atoms with Crippen LogP contribution >= 0.6 is 0 Å². The Labute approximate surface area is 162 Å². The van der Waals surface area contributed by atoms with E-state index in [0.717, 1.165) is 17.0 Å². The highest BCUT2D eigenvalue weighted by molar-refractivity contribution is 6.12. The Hall–Kier alpha value is -3.68. The summed E-state index contributed by atoms with van der Waals surface area (Å²) < 4.78 is 10.9. The molecule has 0 spiro atoms. The van der Waals surface area contributed by atoms with Crippen molar-refractivity contribution in [1.82, 2.24) is 19.9 Å². The van der Waals surface area contributed by atoms with Crippen LogP contribution in [-0.2, 0) is 13.2 Å². The number of allylic oxidation sites excluding steroid dienone is 1. The highest BCUT2D eigenvalue weighted by Gasteiger charge is 2.32. The van der Waals surface area contributed by atoms with E-state index in [2.05, 4.69) is 21.6 Å². The Morgan fingerprint density at radius 1 is 1.18 bits per heavy atom. The summed E-state index contributed by atoms with van der Waals surface area (Å²) in [6.45, 7) is 4.56. The van der Waals surface area contributed by atoms with E-state index >= 15 is 0 Å². The van der Waals surface area contributed by atoms with Crippen LogP contribution in [0.5, 0.6) is 11.5 Å². The van der Waals surface area contributed by atoms with E-state index < -0.39 is 0 Å². The number of ether oxygens (including phenoxy) is 2. The summed E-state index contributed by atoms with van der Waals surface area (Å²) in [5.41, 5.74) is 2.74. The first-order chi connectivity index (χ1) is 13.5. The molecule has 2 aliphatic heterocycles. The van der Waals surface area contributed by atoms with Crippen LogP contribution in [0.4, 0.5) is 0 Å². The summed E-state index contributed by atoms with van der Waals surface area (Å²) in [6, 6.07) is 5.50. The van der Waals surface area contributed by atoms with E-state index in [0.29, 0.717) is 36.2 Å². The maximum Gasteiger partial charge on any atom is 0.278 e. The van der Waals surface area contributed by atoms with Crippen molar-refractivity contribution in [3.05, 3.63) is 72.0 Å². The van der Waals surface area contributed by atoms with Gasteiger partial charge in [0.1, 0.15) is 23.8 Å². The normalized spacial score (nSPS) is 15.6. The standard InChI is InChI=1S/C20H19N5O3/c1-13-4-7-18(23-24(13)2)25-11-14-8-17(10-22-19(14)20(25)26)28-12-15-5-6-16(27-3)9-21-15/h4-10H,1,11-12H2,2-3H3. The monoisotopic (exact) mass is 377 g/mol. The third-order valence-electron chi connectivity index (χ3n) is 4.51. The number of aromatic nitrogens is 2. The fourth-order valence-corrected chi connectivity index (χ4v) is 2.88. The average molecular weight is 377 g/mol. The lowest BCUT2D eigenvalue weighted by Crippen LogP contribution is -2.33. The fraction of sp³-hybridized carbons (Fsp3) is 0.200. The van der Waals surface area contributed by atoms with Crippen LogP contribution in [-0.4, -0.2) is 45.8 Å². The van der Waals surface area contributed by atoms with Gasteiger partial charge in [0, 0.05) is 12.6 Å². The number of carbonyl (C=O) groups is 1. The molecule has 0 bridgehead atoms. The van der Waals surface area contributed by atoms with Gasteiger partial charge in [0.15, 0.2) is 5.84 Å². The van der Waals surface area contributed by atoms with Crippen LogP contribution in [0.2, 0.25) is 0 Å². The number of nitrogens with zero attached hydrogens (tertiary/aromatic N) is 5. The summed E-state index contributed by atoms with van der Waals surface area (Å²) >= 11 is 0. The van der Waals surface area contributed by atoms with Crippen LogP contribution in [0.25, 0.3) is 0 Å². The molecule has 0 atom stereocenters. The van der Waals surface area contributed by atoms with E-state index in [-0.39, 0.29) is 5.91 Å². The molecule has 0 unspecified atom stereocenters. The molecule has 0 radical (unpaired) electrons. The number of likely N-dealkylation sites (N-methyl/N-ethyl adjacent to an activating group) is 1. The Bertz CT molecular complexity index is 997. The lowest BCUT2D eigenvalue weighted by Gasteiger charge is -2.23. The first kappa shape index (κ1) is 17.7. The lowest BCUT2D eigenvalue weighted by molar-refractivity contribution is 0.0860. The van der Waals surface area contributed by atoms with Crippen LogP contribution in [0.1, 0.15) is 21.7 Å². The van der Waals surface area contributed by atoms with Gasteiger partial charge in [-0.25, -0.2) is 4.98 Å². The molecular weight excluding hydrogens is 358 g/mol. The Morgan fingerprint density at radius 2 is 2.00 bits per heavy atom. The van der Waals surface area contributed by atoms with Crippen molar-refractivity contribution in [1.29, 1.82) is 0 Å². The molecule has 4 heterocycles. The number of amides is 1. The Kier molecular flexibility index (Phi) is 4.52. The van der Waals surface area contributed by atoms with Gasteiger partial charge in [0.2, 0.25) is 0 Å². The maximum absolute atomic E-state index is 12.7. The summed E-state index contributed by atoms with van der Waals surface area (Å²) in [6.07, 6.45) is 6.79. The van der Waals surface area contributed by atoms with Gasteiger partial charge in [0.05, 0.1) is 37.4 Å². The van der Waals surface area contributed by atoms with E-state index in [1.54, 1.807) is 42.5 Å². The molecule has 1 amide bonds. The fourth-order valence-electron chi connectivity index (χ4n) is 2.88. The predicted octanol–water partition coefficient (Wildman–Crippen LogP) is 2.35. The largest absolute Gasteiger partial charge is 0.495 e. The number of carbonyl (C=O) groups excluding carboxylic acids is 1. The third-order valence-corrected chi connectivity index (χ3v) is 4.51. The zero-order valence-corrected chi connectivity index (χ0v) is 15.6. The molecule has 2 aromatic rings. The molecule has 28 heavy (non-hydrogen) atoms. The van der Waals surface area contributed by atoms with Crippen molar-refractivity contribution in [3.63, 3.8) is 0 Å². The molecule has 142 valence electrons. The number of hydrogen-bond acceptors (Lipinski definition) is 7. The van der Waals surface area contributed by atoms with Crippen molar-refractivity contribution in [3.8, 4) is 11.5 Å². The highest BCUT2D eigenvalue weighted by atomic mass is 16.5. The Morgan fingerprint density at radius 3 is 2.71 bits per heavy atom. The van der Waals surface area contributed by atoms with Crippen LogP contribution < -0.4 is 9.47 Å². The van der Waals surface area contributed by atoms with Crippen molar-refractivity contribution < 1.29 is 14.3 Å². The quantitative estimate of drug-likeness (QED) is 0.814. The molecule has 0 N–H and O–H groups in total. The second kappa shape index (κ2) is 7.15. The minimum atomic E-state index is -0.178. The van der Waals surface area contributed by atoms with E-state index in [1.165, 1.54) is 0 Å². The predicted molar refractivity (Wildman–Crippen MR) is 103 cm³/mol. The first-order valence-corrected chi connectivity index (χ1v) is 8.67. The topological polar surface area (TPSA) is 80.2 Å². The van der Waals surface area contributed by atoms with Crippen LogP contribution in [0.3, 0.4) is 0 Å². The molecular formula is C20H19N5O3. The number of rotatable bonds is 4. The number of hydrazone groups is 1.